The van der Waals surface area contributed by atoms with Crippen LogP contribution in [0.3, 0.4) is 0 Å². The summed E-state index contributed by atoms with van der Waals surface area (Å²) in [5.41, 5.74) is -1.88. The van der Waals surface area contributed by atoms with Crippen molar-refractivity contribution in [2.45, 2.75) is 17.0 Å². The number of thioether (sulfide) groups is 1. The van der Waals surface area contributed by atoms with Gasteiger partial charge in [0, 0.05) is 36.0 Å². The summed E-state index contributed by atoms with van der Waals surface area (Å²) in [4.78, 5) is 8.64. The number of anilines is 2. The van der Waals surface area contributed by atoms with Crippen LogP contribution in [-0.2, 0) is 13.7 Å². The van der Waals surface area contributed by atoms with E-state index in [1.165, 1.54) is 12.1 Å². The first-order chi connectivity index (χ1) is 14.8. The van der Waals surface area contributed by atoms with Gasteiger partial charge in [0.05, 0.1) is 23.3 Å². The number of pyridine rings is 1. The number of aliphatic hydroxyl groups excluding tert-OH is 1. The molecule has 0 radical (unpaired) electrons. The maximum atomic E-state index is 12.6. The summed E-state index contributed by atoms with van der Waals surface area (Å²) in [6, 6.07) is 14.8. The number of imidazole rings is 1. The van der Waals surface area contributed by atoms with Gasteiger partial charge in [-0.1, -0.05) is 6.07 Å². The van der Waals surface area contributed by atoms with Gasteiger partial charge in [-0.2, -0.15) is 13.2 Å². The summed E-state index contributed by atoms with van der Waals surface area (Å²) in [6.45, 7) is -0.186. The molecule has 0 saturated carbocycles. The summed E-state index contributed by atoms with van der Waals surface area (Å²) in [5, 5.41) is 12.3. The fraction of sp³-hybridized carbons (Fsp3) is 0.143. The molecule has 0 aliphatic heterocycles. The molecule has 0 saturated heterocycles. The molecule has 160 valence electrons. The highest BCUT2D eigenvalue weighted by Crippen LogP contribution is 2.38. The number of fused-ring (bicyclic) bond motifs is 1. The Morgan fingerprint density at radius 1 is 1.10 bits per heavy atom. The quantitative estimate of drug-likeness (QED) is 0.375. The maximum absolute atomic E-state index is 12.6. The highest BCUT2D eigenvalue weighted by atomic mass is 32.2. The van der Waals surface area contributed by atoms with E-state index in [1.54, 1.807) is 47.2 Å². The van der Waals surface area contributed by atoms with E-state index in [0.717, 1.165) is 5.52 Å². The molecular formula is C21H17F3N4O2S. The van der Waals surface area contributed by atoms with Crippen molar-refractivity contribution in [2.24, 2.45) is 7.05 Å². The number of ether oxygens (including phenoxy) is 1. The third kappa shape index (κ3) is 5.09. The van der Waals surface area contributed by atoms with Gasteiger partial charge in [0.2, 0.25) is 5.95 Å². The second-order valence-corrected chi connectivity index (χ2v) is 7.73. The predicted molar refractivity (Wildman–Crippen MR) is 113 cm³/mol. The normalized spacial score (nSPS) is 11.6. The lowest BCUT2D eigenvalue weighted by Crippen LogP contribution is -2.01. The highest BCUT2D eigenvalue weighted by molar-refractivity contribution is 8.00. The lowest BCUT2D eigenvalue weighted by Gasteiger charge is -2.09. The zero-order chi connectivity index (χ0) is 22.0. The van der Waals surface area contributed by atoms with Crippen LogP contribution in [0.2, 0.25) is 0 Å². The van der Waals surface area contributed by atoms with E-state index >= 15 is 0 Å². The fourth-order valence-electron chi connectivity index (χ4n) is 3.00. The number of halogens is 3. The second kappa shape index (κ2) is 8.48. The molecule has 4 aromatic rings. The van der Waals surface area contributed by atoms with Crippen LogP contribution < -0.4 is 10.1 Å². The van der Waals surface area contributed by atoms with E-state index in [-0.39, 0.29) is 23.3 Å². The van der Waals surface area contributed by atoms with E-state index in [4.69, 9.17) is 4.74 Å². The van der Waals surface area contributed by atoms with Gasteiger partial charge in [0.1, 0.15) is 11.5 Å². The van der Waals surface area contributed by atoms with Crippen LogP contribution in [0.1, 0.15) is 5.69 Å². The van der Waals surface area contributed by atoms with Crippen molar-refractivity contribution >= 4 is 34.4 Å². The van der Waals surface area contributed by atoms with Crippen molar-refractivity contribution in [2.75, 3.05) is 5.32 Å². The maximum Gasteiger partial charge on any atom is 0.446 e. The van der Waals surface area contributed by atoms with Crippen LogP contribution in [0, 0.1) is 0 Å². The SMILES string of the molecule is Cn1c(Nc2cccc(SC(F)(F)F)c2)nc2cc(Oc3ccnc(CO)c3)ccc21. The van der Waals surface area contributed by atoms with Crippen LogP contribution in [0.5, 0.6) is 11.5 Å². The molecule has 0 aliphatic carbocycles. The van der Waals surface area contributed by atoms with E-state index in [2.05, 4.69) is 15.3 Å². The van der Waals surface area contributed by atoms with Gasteiger partial charge in [0.15, 0.2) is 0 Å². The van der Waals surface area contributed by atoms with Gasteiger partial charge in [0.25, 0.3) is 0 Å². The number of nitrogens with one attached hydrogen (secondary N) is 1. The van der Waals surface area contributed by atoms with Gasteiger partial charge in [-0.15, -0.1) is 0 Å². The van der Waals surface area contributed by atoms with E-state index in [1.807, 2.05) is 13.1 Å². The Balaban J connectivity index is 1.57. The molecule has 6 nitrogen and oxygen atoms in total. The zero-order valence-corrected chi connectivity index (χ0v) is 17.0. The number of hydrogen-bond donors (Lipinski definition) is 2. The third-order valence-electron chi connectivity index (χ3n) is 4.36. The van der Waals surface area contributed by atoms with Gasteiger partial charge < -0.3 is 19.7 Å². The number of aryl methyl sites for hydroxylation is 1. The molecule has 2 heterocycles. The van der Waals surface area contributed by atoms with Crippen molar-refractivity contribution < 1.29 is 23.0 Å². The van der Waals surface area contributed by atoms with Crippen molar-refractivity contribution in [3.8, 4) is 11.5 Å². The smallest absolute Gasteiger partial charge is 0.446 e. The van der Waals surface area contributed by atoms with Gasteiger partial charge in [-0.05, 0) is 48.2 Å². The highest BCUT2D eigenvalue weighted by Gasteiger charge is 2.29. The third-order valence-corrected chi connectivity index (χ3v) is 5.08. The monoisotopic (exact) mass is 446 g/mol. The summed E-state index contributed by atoms with van der Waals surface area (Å²) in [6.07, 6.45) is 1.55. The first kappa shape index (κ1) is 21.0. The molecule has 0 atom stereocenters. The Morgan fingerprint density at radius 3 is 2.68 bits per heavy atom. The van der Waals surface area contributed by atoms with Crippen molar-refractivity contribution in [1.29, 1.82) is 0 Å². The van der Waals surface area contributed by atoms with Gasteiger partial charge >= 0.3 is 5.51 Å². The number of aliphatic hydroxyl groups is 1. The molecular weight excluding hydrogens is 429 g/mol. The average molecular weight is 446 g/mol. The number of hydrogen-bond acceptors (Lipinski definition) is 6. The minimum absolute atomic E-state index is 0.0894. The molecule has 0 spiro atoms. The van der Waals surface area contributed by atoms with Crippen LogP contribution >= 0.6 is 11.8 Å². The van der Waals surface area contributed by atoms with Crippen LogP contribution in [0.25, 0.3) is 11.0 Å². The van der Waals surface area contributed by atoms with Crippen LogP contribution in [0.4, 0.5) is 24.8 Å². The largest absolute Gasteiger partial charge is 0.457 e. The Labute approximate surface area is 179 Å². The summed E-state index contributed by atoms with van der Waals surface area (Å²) in [5.74, 6) is 1.57. The van der Waals surface area contributed by atoms with Crippen LogP contribution in [-0.4, -0.2) is 25.1 Å². The molecule has 4 rings (SSSR count). The Morgan fingerprint density at radius 2 is 1.90 bits per heavy atom. The van der Waals surface area contributed by atoms with Gasteiger partial charge in [-0.25, -0.2) is 4.98 Å². The van der Waals surface area contributed by atoms with Crippen molar-refractivity contribution in [3.05, 3.63) is 66.5 Å². The molecule has 0 amide bonds. The standard InChI is InChI=1S/C21H17F3N4O2S/c1-28-19-6-5-15(30-16-7-8-25-14(9-16)12-29)11-18(19)27-20(28)26-13-3-2-4-17(10-13)31-21(22,23)24/h2-11,29H,12H2,1H3,(H,26,27). The minimum atomic E-state index is -4.35. The van der Waals surface area contributed by atoms with Crippen molar-refractivity contribution in [1.82, 2.24) is 14.5 Å². The van der Waals surface area contributed by atoms with E-state index in [9.17, 15) is 18.3 Å². The molecule has 2 aromatic heterocycles. The lowest BCUT2D eigenvalue weighted by molar-refractivity contribution is -0.0328. The fourth-order valence-corrected chi connectivity index (χ4v) is 3.60. The first-order valence-electron chi connectivity index (χ1n) is 9.14. The summed E-state index contributed by atoms with van der Waals surface area (Å²) < 4.78 is 45.5. The minimum Gasteiger partial charge on any atom is -0.457 e. The number of nitrogens with zero attached hydrogens (tertiary/aromatic N) is 3. The molecule has 0 bridgehead atoms. The molecule has 0 aliphatic rings. The Kier molecular flexibility index (Phi) is 5.75. The number of rotatable bonds is 6. The second-order valence-electron chi connectivity index (χ2n) is 6.59. The van der Waals surface area contributed by atoms with E-state index in [0.29, 0.717) is 34.3 Å². The molecule has 0 unspecified atom stereocenters. The number of alkyl halides is 3. The molecule has 10 heteroatoms. The molecule has 31 heavy (non-hydrogen) atoms. The predicted octanol–water partition coefficient (Wildman–Crippen LogP) is 5.61. The first-order valence-corrected chi connectivity index (χ1v) is 9.95. The Hall–Kier alpha value is -3.24. The lowest BCUT2D eigenvalue weighted by atomic mass is 10.3. The van der Waals surface area contributed by atoms with Crippen molar-refractivity contribution in [3.63, 3.8) is 0 Å². The molecule has 2 aromatic carbocycles. The molecule has 0 fully saturated rings. The number of aromatic nitrogens is 3. The van der Waals surface area contributed by atoms with E-state index < -0.39 is 5.51 Å². The average Bonchev–Trinajstić information content (AvgIpc) is 3.02. The topological polar surface area (TPSA) is 72.2 Å². The Bertz CT molecular complexity index is 1230. The summed E-state index contributed by atoms with van der Waals surface area (Å²) in [7, 11) is 1.81. The summed E-state index contributed by atoms with van der Waals surface area (Å²) >= 11 is -0.164. The number of benzene rings is 2. The van der Waals surface area contributed by atoms with Gasteiger partial charge in [-0.3, -0.25) is 4.98 Å². The molecule has 2 N–H and O–H groups in total. The zero-order valence-electron chi connectivity index (χ0n) is 16.2. The van der Waals surface area contributed by atoms with Crippen LogP contribution in [0.15, 0.2) is 65.7 Å².